The van der Waals surface area contributed by atoms with E-state index in [2.05, 4.69) is 0 Å². The van der Waals surface area contributed by atoms with Crippen LogP contribution in [0.5, 0.6) is 0 Å². The van der Waals surface area contributed by atoms with Crippen LogP contribution in [-0.4, -0.2) is 78.4 Å². The summed E-state index contributed by atoms with van der Waals surface area (Å²) < 4.78 is 10.7. The first-order valence-electron chi connectivity index (χ1n) is 13.5. The van der Waals surface area contributed by atoms with Gasteiger partial charge >= 0.3 is 47.8 Å². The number of carboxylic acid groups (broad SMARTS) is 6. The van der Waals surface area contributed by atoms with E-state index in [9.17, 15) is 69.0 Å². The molecule has 0 bridgehead atoms. The van der Waals surface area contributed by atoms with E-state index in [1.165, 1.54) is 48.5 Å². The van der Waals surface area contributed by atoms with Gasteiger partial charge in [-0.3, -0.25) is 38.4 Å². The van der Waals surface area contributed by atoms with Crippen molar-refractivity contribution in [2.75, 3.05) is 0 Å². The number of hydrogen-bond donors (Lipinski definition) is 6. The van der Waals surface area contributed by atoms with Gasteiger partial charge in [-0.15, -0.1) is 0 Å². The van der Waals surface area contributed by atoms with Gasteiger partial charge in [0.1, 0.15) is 24.0 Å². The lowest BCUT2D eigenvalue weighted by Crippen LogP contribution is -2.51. The summed E-state index contributed by atoms with van der Waals surface area (Å²) in [6.45, 7) is 0. The highest BCUT2D eigenvalue weighted by atomic mass is 16.6. The summed E-state index contributed by atoms with van der Waals surface area (Å²) in [5, 5.41) is 59.0. The van der Waals surface area contributed by atoms with Gasteiger partial charge in [-0.05, 0) is 22.3 Å². The number of carbonyl (C=O) groups is 8. The minimum absolute atomic E-state index is 0.0504. The van der Waals surface area contributed by atoms with Crippen molar-refractivity contribution >= 4 is 47.8 Å². The summed E-state index contributed by atoms with van der Waals surface area (Å²) in [7, 11) is 0. The van der Waals surface area contributed by atoms with Crippen molar-refractivity contribution in [2.24, 2.45) is 10.8 Å². The van der Waals surface area contributed by atoms with Crippen LogP contribution < -0.4 is 0 Å². The van der Waals surface area contributed by atoms with Crippen LogP contribution in [0.2, 0.25) is 0 Å². The molecule has 16 heteroatoms. The van der Waals surface area contributed by atoms with Gasteiger partial charge in [0.05, 0.1) is 12.8 Å². The molecular weight excluding hydrogens is 616 g/mol. The van der Waals surface area contributed by atoms with E-state index in [0.717, 1.165) is 0 Å². The van der Waals surface area contributed by atoms with Crippen LogP contribution in [0.1, 0.15) is 72.0 Å². The Morgan fingerprint density at radius 2 is 0.804 bits per heavy atom. The average Bonchev–Trinajstić information content (AvgIpc) is 2.98. The summed E-state index contributed by atoms with van der Waals surface area (Å²) in [4.78, 5) is 98.6. The molecule has 0 radical (unpaired) electrons. The number of hydrogen-bond acceptors (Lipinski definition) is 10. The molecule has 6 N–H and O–H groups in total. The molecule has 46 heavy (non-hydrogen) atoms. The van der Waals surface area contributed by atoms with Crippen LogP contribution >= 0.6 is 0 Å². The molecule has 0 spiro atoms. The number of carboxylic acids is 6. The van der Waals surface area contributed by atoms with Crippen molar-refractivity contribution in [3.63, 3.8) is 0 Å². The lowest BCUT2D eigenvalue weighted by Gasteiger charge is -2.40. The summed E-state index contributed by atoms with van der Waals surface area (Å²) in [6, 6.07) is 10.7. The van der Waals surface area contributed by atoms with Gasteiger partial charge in [0.15, 0.2) is 10.8 Å². The molecule has 2 aromatic rings. The first kappa shape index (κ1) is 33.1. The summed E-state index contributed by atoms with van der Waals surface area (Å²) in [6.07, 6.45) is -6.40. The standard InChI is InChI=1S/C30H26O16/c31-19(45-17-11-29(25(37)38,26(39)40)21(23(33)34)15-7-3-1-5-13(15)17)9-10-20(32)46-18-12-30(27(41)42,28(43)44)22(24(35)36)16-8-4-2-6-14(16)18/h1-8,17-18,21-22H,9-12H2,(H,33,34)(H,35,36)(H,37,38)(H,39,40)(H,41,42)(H,43,44). The van der Waals surface area contributed by atoms with Crippen molar-refractivity contribution < 1.29 is 78.5 Å². The van der Waals surface area contributed by atoms with Crippen molar-refractivity contribution in [1.29, 1.82) is 0 Å². The van der Waals surface area contributed by atoms with Crippen molar-refractivity contribution in [3.05, 3.63) is 70.8 Å². The Hall–Kier alpha value is -5.80. The highest BCUT2D eigenvalue weighted by Crippen LogP contribution is 2.53. The second kappa shape index (κ2) is 12.3. The van der Waals surface area contributed by atoms with E-state index in [1.807, 2.05) is 0 Å². The first-order valence-corrected chi connectivity index (χ1v) is 13.5. The minimum atomic E-state index is -2.91. The molecule has 2 aliphatic carbocycles. The maximum absolute atomic E-state index is 12.8. The number of esters is 2. The largest absolute Gasteiger partial charge is 0.481 e. The average molecular weight is 643 g/mol. The molecule has 242 valence electrons. The molecule has 0 amide bonds. The molecule has 0 fully saturated rings. The third-order valence-electron chi connectivity index (χ3n) is 8.41. The van der Waals surface area contributed by atoms with Gasteiger partial charge in [0, 0.05) is 12.8 Å². The topological polar surface area (TPSA) is 276 Å². The third-order valence-corrected chi connectivity index (χ3v) is 8.41. The van der Waals surface area contributed by atoms with Gasteiger partial charge in [-0.1, -0.05) is 48.5 Å². The zero-order valence-corrected chi connectivity index (χ0v) is 23.5. The zero-order valence-electron chi connectivity index (χ0n) is 23.5. The summed E-state index contributed by atoms with van der Waals surface area (Å²) in [5.74, 6) is -17.6. The number of rotatable bonds is 11. The van der Waals surface area contributed by atoms with Crippen LogP contribution in [0.25, 0.3) is 0 Å². The number of fused-ring (bicyclic) bond motifs is 2. The van der Waals surface area contributed by atoms with Gasteiger partial charge in [0.25, 0.3) is 0 Å². The Bertz CT molecular complexity index is 1510. The van der Waals surface area contributed by atoms with Gasteiger partial charge in [-0.25, -0.2) is 0 Å². The minimum Gasteiger partial charge on any atom is -0.481 e. The maximum Gasteiger partial charge on any atom is 0.322 e. The number of aliphatic carboxylic acids is 6. The monoisotopic (exact) mass is 642 g/mol. The van der Waals surface area contributed by atoms with Gasteiger partial charge < -0.3 is 40.1 Å². The number of ether oxygens (including phenoxy) is 2. The van der Waals surface area contributed by atoms with Crippen LogP contribution in [0.15, 0.2) is 48.5 Å². The number of benzene rings is 2. The molecule has 16 nitrogen and oxygen atoms in total. The van der Waals surface area contributed by atoms with Crippen molar-refractivity contribution in [2.45, 2.75) is 49.7 Å². The smallest absolute Gasteiger partial charge is 0.322 e. The Morgan fingerprint density at radius 3 is 1.07 bits per heavy atom. The maximum atomic E-state index is 12.8. The van der Waals surface area contributed by atoms with Crippen LogP contribution in [0.3, 0.4) is 0 Å². The Labute approximate surface area is 257 Å². The Kier molecular flexibility index (Phi) is 8.85. The fourth-order valence-electron chi connectivity index (χ4n) is 6.27. The van der Waals surface area contributed by atoms with Crippen LogP contribution in [0, 0.1) is 10.8 Å². The molecule has 4 rings (SSSR count). The molecule has 0 saturated carbocycles. The molecule has 0 saturated heterocycles. The third kappa shape index (κ3) is 5.37. The molecule has 0 aliphatic heterocycles. The Morgan fingerprint density at radius 1 is 0.522 bits per heavy atom. The van der Waals surface area contributed by atoms with Gasteiger partial charge in [-0.2, -0.15) is 0 Å². The second-order valence-corrected chi connectivity index (χ2v) is 10.8. The number of carbonyl (C=O) groups excluding carboxylic acids is 2. The predicted octanol–water partition coefficient (Wildman–Crippen LogP) is 1.79. The first-order chi connectivity index (χ1) is 21.6. The normalized spacial score (nSPS) is 22.2. The second-order valence-electron chi connectivity index (χ2n) is 10.8. The zero-order chi connectivity index (χ0) is 34.1. The lowest BCUT2D eigenvalue weighted by atomic mass is 9.62. The molecule has 4 atom stereocenters. The van der Waals surface area contributed by atoms with Gasteiger partial charge in [0.2, 0.25) is 0 Å². The highest BCUT2D eigenvalue weighted by molar-refractivity contribution is 6.06. The predicted molar refractivity (Wildman–Crippen MR) is 145 cm³/mol. The molecule has 4 unspecified atom stereocenters. The van der Waals surface area contributed by atoms with Crippen LogP contribution in [0.4, 0.5) is 0 Å². The molecule has 0 heterocycles. The Balaban J connectivity index is 1.55. The fraction of sp³-hybridized carbons (Fsp3) is 0.333. The van der Waals surface area contributed by atoms with E-state index in [4.69, 9.17) is 9.47 Å². The van der Waals surface area contributed by atoms with Crippen LogP contribution in [-0.2, 0) is 47.8 Å². The van der Waals surface area contributed by atoms with E-state index in [0.29, 0.717) is 0 Å². The molecule has 2 aromatic carbocycles. The molecule has 0 aromatic heterocycles. The fourth-order valence-corrected chi connectivity index (χ4v) is 6.27. The van der Waals surface area contributed by atoms with Crippen molar-refractivity contribution in [3.8, 4) is 0 Å². The SMILES string of the molecule is O=C(CCC(=O)OC1CC(C(=O)O)(C(=O)O)C(C(=O)O)c2ccccc21)OC1CC(C(=O)O)(C(=O)O)C(C(=O)O)c2ccccc21. The summed E-state index contributed by atoms with van der Waals surface area (Å²) in [5.41, 5.74) is -6.11. The van der Waals surface area contributed by atoms with E-state index in [-0.39, 0.29) is 22.3 Å². The quantitative estimate of drug-likeness (QED) is 0.150. The van der Waals surface area contributed by atoms with E-state index >= 15 is 0 Å². The highest BCUT2D eigenvalue weighted by Gasteiger charge is 2.63. The van der Waals surface area contributed by atoms with E-state index in [1.54, 1.807) is 0 Å². The van der Waals surface area contributed by atoms with Crippen molar-refractivity contribution in [1.82, 2.24) is 0 Å². The molecule has 2 aliphatic rings. The molecular formula is C30H26O16. The van der Waals surface area contributed by atoms with E-state index < -0.39 is 108 Å². The summed E-state index contributed by atoms with van der Waals surface area (Å²) >= 11 is 0. The lowest BCUT2D eigenvalue weighted by molar-refractivity contribution is -0.180.